The molecule has 0 bridgehead atoms. The third kappa shape index (κ3) is 1.77. The van der Waals surface area contributed by atoms with E-state index < -0.39 is 5.54 Å². The van der Waals surface area contributed by atoms with Gasteiger partial charge in [-0.15, -0.1) is 0 Å². The minimum absolute atomic E-state index is 0.434. The molecule has 0 aliphatic carbocycles. The normalized spacial score (nSPS) is 32.7. The van der Waals surface area contributed by atoms with Gasteiger partial charge in [0.15, 0.2) is 0 Å². The van der Waals surface area contributed by atoms with Crippen LogP contribution >= 0.6 is 0 Å². The highest BCUT2D eigenvalue weighted by molar-refractivity contribution is 5.80. The van der Waals surface area contributed by atoms with Crippen LogP contribution in [0.1, 0.15) is 6.92 Å². The maximum Gasteiger partial charge on any atom is 0.0692 e. The van der Waals surface area contributed by atoms with Crippen LogP contribution in [0.3, 0.4) is 0 Å². The second kappa shape index (κ2) is 2.11. The number of nitrogens with two attached hydrogens (primary N) is 1. The average molecular weight is 123 g/mol. The van der Waals surface area contributed by atoms with Crippen LogP contribution in [0.15, 0.2) is 22.4 Å². The molecule has 1 unspecified atom stereocenters. The van der Waals surface area contributed by atoms with E-state index in [9.17, 15) is 0 Å². The molecule has 0 saturated heterocycles. The van der Waals surface area contributed by atoms with E-state index in [1.165, 1.54) is 0 Å². The van der Waals surface area contributed by atoms with Crippen molar-refractivity contribution in [1.29, 1.82) is 0 Å². The van der Waals surface area contributed by atoms with Crippen LogP contribution in [0.2, 0.25) is 0 Å². The van der Waals surface area contributed by atoms with Crippen LogP contribution < -0.4 is 5.73 Å². The Morgan fingerprint density at radius 1 is 1.44 bits per heavy atom. The summed E-state index contributed by atoms with van der Waals surface area (Å²) >= 11 is 0. The fraction of sp³-hybridized carbons (Fsp3) is 0.333. The van der Waals surface area contributed by atoms with Crippen molar-refractivity contribution in [3.8, 4) is 0 Å². The Labute approximate surface area is 54.0 Å². The summed E-state index contributed by atoms with van der Waals surface area (Å²) in [5.74, 6) is 0. The summed E-state index contributed by atoms with van der Waals surface area (Å²) in [6.07, 6.45) is 6.83. The number of nitrogens with zero attached hydrogens (tertiary/aromatic N) is 2. The molecule has 0 aromatic rings. The molecule has 3 heteroatoms. The Bertz CT molecular complexity index is 159. The number of hydrogen-bond donors (Lipinski definition) is 1. The van der Waals surface area contributed by atoms with Crippen LogP contribution in [-0.2, 0) is 0 Å². The zero-order valence-electron chi connectivity index (χ0n) is 5.28. The lowest BCUT2D eigenvalue weighted by Crippen LogP contribution is -2.34. The topological polar surface area (TPSA) is 50.7 Å². The number of allylic oxidation sites excluding steroid dienone is 1. The Morgan fingerprint density at radius 3 is 3.00 bits per heavy atom. The maximum atomic E-state index is 5.66. The molecule has 3 nitrogen and oxygen atoms in total. The van der Waals surface area contributed by atoms with Crippen LogP contribution in [0, 0.1) is 0 Å². The largest absolute Gasteiger partial charge is 0.318 e. The molecule has 1 aliphatic heterocycles. The molecule has 1 atom stereocenters. The van der Waals surface area contributed by atoms with Crippen molar-refractivity contribution in [3.05, 3.63) is 12.2 Å². The van der Waals surface area contributed by atoms with Gasteiger partial charge in [-0.25, -0.2) is 0 Å². The summed E-state index contributed by atoms with van der Waals surface area (Å²) in [6.45, 7) is 1.86. The number of rotatable bonds is 0. The van der Waals surface area contributed by atoms with Gasteiger partial charge >= 0.3 is 0 Å². The van der Waals surface area contributed by atoms with Gasteiger partial charge in [-0.1, -0.05) is 6.08 Å². The fourth-order valence-corrected chi connectivity index (χ4v) is 0.528. The second-order valence-corrected chi connectivity index (χ2v) is 2.23. The van der Waals surface area contributed by atoms with Gasteiger partial charge in [-0.05, 0) is 13.0 Å². The molecule has 1 aliphatic rings. The molecular weight excluding hydrogens is 114 g/mol. The lowest BCUT2D eigenvalue weighted by atomic mass is 10.1. The first kappa shape index (κ1) is 6.16. The van der Waals surface area contributed by atoms with E-state index in [1.54, 1.807) is 18.5 Å². The first-order valence-corrected chi connectivity index (χ1v) is 2.75. The molecular formula is C6H9N3. The highest BCUT2D eigenvalue weighted by Gasteiger charge is 2.09. The van der Waals surface area contributed by atoms with Crippen LogP contribution in [0.5, 0.6) is 0 Å². The van der Waals surface area contributed by atoms with Gasteiger partial charge in [0.1, 0.15) is 0 Å². The van der Waals surface area contributed by atoms with Gasteiger partial charge in [-0.3, -0.25) is 0 Å². The summed E-state index contributed by atoms with van der Waals surface area (Å²) in [4.78, 5) is 0. The molecule has 0 aromatic heterocycles. The van der Waals surface area contributed by atoms with E-state index in [1.807, 2.05) is 13.0 Å². The highest BCUT2D eigenvalue weighted by atomic mass is 15.2. The molecule has 48 valence electrons. The SMILES string of the molecule is CC1(N)C=CC=NN=C1. The third-order valence-electron chi connectivity index (χ3n) is 1.01. The third-order valence-corrected chi connectivity index (χ3v) is 1.01. The van der Waals surface area contributed by atoms with Crippen molar-refractivity contribution in [2.75, 3.05) is 0 Å². The van der Waals surface area contributed by atoms with E-state index >= 15 is 0 Å². The molecule has 0 saturated carbocycles. The van der Waals surface area contributed by atoms with Crippen molar-refractivity contribution in [2.24, 2.45) is 15.9 Å². The molecule has 1 rings (SSSR count). The standard InChI is InChI=1S/C6H9N3/c1-6(7)3-2-4-8-9-5-6/h2-5H,7H2,1H3. The van der Waals surface area contributed by atoms with E-state index in [2.05, 4.69) is 10.2 Å². The molecule has 0 amide bonds. The predicted octanol–water partition coefficient (Wildman–Crippen LogP) is 0.330. The fourth-order valence-electron chi connectivity index (χ4n) is 0.528. The Balaban J connectivity index is 2.82. The van der Waals surface area contributed by atoms with Gasteiger partial charge in [0, 0.05) is 6.21 Å². The molecule has 1 heterocycles. The molecule has 2 N–H and O–H groups in total. The Morgan fingerprint density at radius 2 is 2.22 bits per heavy atom. The van der Waals surface area contributed by atoms with E-state index in [4.69, 9.17) is 5.73 Å². The summed E-state index contributed by atoms with van der Waals surface area (Å²) in [7, 11) is 0. The van der Waals surface area contributed by atoms with Crippen molar-refractivity contribution in [1.82, 2.24) is 0 Å². The lowest BCUT2D eigenvalue weighted by molar-refractivity contribution is 0.799. The zero-order valence-corrected chi connectivity index (χ0v) is 5.28. The quantitative estimate of drug-likeness (QED) is 0.495. The summed E-state index contributed by atoms with van der Waals surface area (Å²) in [5, 5.41) is 7.32. The molecule has 0 aromatic carbocycles. The molecule has 0 fully saturated rings. The van der Waals surface area contributed by atoms with Crippen molar-refractivity contribution in [3.63, 3.8) is 0 Å². The van der Waals surface area contributed by atoms with Crippen molar-refractivity contribution in [2.45, 2.75) is 12.5 Å². The monoisotopic (exact) mass is 123 g/mol. The maximum absolute atomic E-state index is 5.66. The van der Waals surface area contributed by atoms with Gasteiger partial charge in [0.2, 0.25) is 0 Å². The minimum Gasteiger partial charge on any atom is -0.318 e. The van der Waals surface area contributed by atoms with E-state index in [0.717, 1.165) is 0 Å². The number of hydrogen-bond acceptors (Lipinski definition) is 3. The lowest BCUT2D eigenvalue weighted by Gasteiger charge is -2.10. The minimum atomic E-state index is -0.434. The van der Waals surface area contributed by atoms with Crippen LogP contribution in [-0.4, -0.2) is 18.0 Å². The Kier molecular flexibility index (Phi) is 1.44. The van der Waals surface area contributed by atoms with E-state index in [0.29, 0.717) is 0 Å². The van der Waals surface area contributed by atoms with Gasteiger partial charge in [0.25, 0.3) is 0 Å². The van der Waals surface area contributed by atoms with E-state index in [-0.39, 0.29) is 0 Å². The molecule has 0 radical (unpaired) electrons. The Hall–Kier alpha value is -0.960. The second-order valence-electron chi connectivity index (χ2n) is 2.23. The van der Waals surface area contributed by atoms with Gasteiger partial charge in [0.05, 0.1) is 11.8 Å². The van der Waals surface area contributed by atoms with Crippen LogP contribution in [0.25, 0.3) is 0 Å². The zero-order chi connectivity index (χ0) is 6.74. The summed E-state index contributed by atoms with van der Waals surface area (Å²) in [6, 6.07) is 0. The molecule has 0 spiro atoms. The van der Waals surface area contributed by atoms with Crippen molar-refractivity contribution < 1.29 is 0 Å². The van der Waals surface area contributed by atoms with Gasteiger partial charge in [-0.2, -0.15) is 10.2 Å². The van der Waals surface area contributed by atoms with Gasteiger partial charge < -0.3 is 5.73 Å². The summed E-state index contributed by atoms with van der Waals surface area (Å²) < 4.78 is 0. The summed E-state index contributed by atoms with van der Waals surface area (Å²) in [5.41, 5.74) is 5.23. The van der Waals surface area contributed by atoms with Crippen LogP contribution in [0.4, 0.5) is 0 Å². The smallest absolute Gasteiger partial charge is 0.0692 e. The predicted molar refractivity (Wildman–Crippen MR) is 38.7 cm³/mol. The highest BCUT2D eigenvalue weighted by Crippen LogP contribution is 1.98. The first-order valence-electron chi connectivity index (χ1n) is 2.75. The average Bonchev–Trinajstić information content (AvgIpc) is 1.92. The van der Waals surface area contributed by atoms with Crippen molar-refractivity contribution >= 4 is 12.4 Å². The molecule has 9 heavy (non-hydrogen) atoms. The first-order chi connectivity index (χ1) is 4.21.